The van der Waals surface area contributed by atoms with E-state index in [9.17, 15) is 9.59 Å². The molecule has 2 aliphatic rings. The quantitative estimate of drug-likeness (QED) is 0.848. The van der Waals surface area contributed by atoms with Crippen LogP contribution in [-0.2, 0) is 14.3 Å². The molecule has 0 aromatic heterocycles. The van der Waals surface area contributed by atoms with Crippen LogP contribution in [-0.4, -0.2) is 25.0 Å². The molecule has 0 radical (unpaired) electrons. The standard InChI is InChI=1S/C17H21NO3/c1-11-5-2-3-7-13(11)16-14(9-15(19)18-17(16)20)12-6-4-8-21-10-12/h2-3,5,7,12,14,16H,4,6,8-10H2,1H3,(H,18,19,20). The Kier molecular flexibility index (Phi) is 4.06. The highest BCUT2D eigenvalue weighted by Crippen LogP contribution is 2.39. The van der Waals surface area contributed by atoms with Crippen molar-refractivity contribution in [3.63, 3.8) is 0 Å². The summed E-state index contributed by atoms with van der Waals surface area (Å²) in [6.45, 7) is 3.47. The highest BCUT2D eigenvalue weighted by molar-refractivity contribution is 6.01. The fraction of sp³-hybridized carbons (Fsp3) is 0.529. The first-order valence-corrected chi connectivity index (χ1v) is 7.64. The minimum Gasteiger partial charge on any atom is -0.381 e. The van der Waals surface area contributed by atoms with Gasteiger partial charge in [-0.1, -0.05) is 24.3 Å². The van der Waals surface area contributed by atoms with E-state index in [-0.39, 0.29) is 23.7 Å². The van der Waals surface area contributed by atoms with Crippen molar-refractivity contribution in [3.8, 4) is 0 Å². The summed E-state index contributed by atoms with van der Waals surface area (Å²) in [4.78, 5) is 24.3. The van der Waals surface area contributed by atoms with Gasteiger partial charge >= 0.3 is 0 Å². The summed E-state index contributed by atoms with van der Waals surface area (Å²) in [6.07, 6.45) is 2.46. The van der Waals surface area contributed by atoms with Crippen LogP contribution in [0.15, 0.2) is 24.3 Å². The molecule has 3 rings (SSSR count). The van der Waals surface area contributed by atoms with Gasteiger partial charge in [0.25, 0.3) is 0 Å². The highest BCUT2D eigenvalue weighted by Gasteiger charge is 2.42. The van der Waals surface area contributed by atoms with E-state index in [1.54, 1.807) is 0 Å². The van der Waals surface area contributed by atoms with Crippen molar-refractivity contribution in [2.24, 2.45) is 11.8 Å². The van der Waals surface area contributed by atoms with Gasteiger partial charge in [0, 0.05) is 19.6 Å². The van der Waals surface area contributed by atoms with Crippen molar-refractivity contribution in [1.82, 2.24) is 5.32 Å². The monoisotopic (exact) mass is 287 g/mol. The maximum Gasteiger partial charge on any atom is 0.234 e. The molecule has 3 atom stereocenters. The Labute approximate surface area is 124 Å². The van der Waals surface area contributed by atoms with Gasteiger partial charge in [-0.15, -0.1) is 0 Å². The fourth-order valence-corrected chi connectivity index (χ4v) is 3.64. The first-order chi connectivity index (χ1) is 10.2. The van der Waals surface area contributed by atoms with Gasteiger partial charge in [0.2, 0.25) is 11.8 Å². The molecule has 0 spiro atoms. The Morgan fingerprint density at radius 3 is 2.76 bits per heavy atom. The van der Waals surface area contributed by atoms with Crippen LogP contribution in [0.25, 0.3) is 0 Å². The van der Waals surface area contributed by atoms with E-state index in [2.05, 4.69) is 5.32 Å². The van der Waals surface area contributed by atoms with E-state index < -0.39 is 0 Å². The first kappa shape index (κ1) is 14.3. The molecule has 2 aliphatic heterocycles. The Bertz CT molecular complexity index is 549. The van der Waals surface area contributed by atoms with Gasteiger partial charge in [0.1, 0.15) is 0 Å². The van der Waals surface area contributed by atoms with Crippen molar-refractivity contribution in [3.05, 3.63) is 35.4 Å². The van der Waals surface area contributed by atoms with E-state index in [0.717, 1.165) is 30.6 Å². The average Bonchev–Trinajstić information content (AvgIpc) is 2.49. The van der Waals surface area contributed by atoms with E-state index in [0.29, 0.717) is 18.9 Å². The summed E-state index contributed by atoms with van der Waals surface area (Å²) < 4.78 is 5.58. The average molecular weight is 287 g/mol. The van der Waals surface area contributed by atoms with Gasteiger partial charge in [0.05, 0.1) is 5.92 Å². The van der Waals surface area contributed by atoms with Gasteiger partial charge in [0.15, 0.2) is 0 Å². The molecule has 4 heteroatoms. The molecule has 0 bridgehead atoms. The van der Waals surface area contributed by atoms with E-state index in [4.69, 9.17) is 4.74 Å². The predicted molar refractivity (Wildman–Crippen MR) is 78.7 cm³/mol. The number of ether oxygens (including phenoxy) is 1. The van der Waals surface area contributed by atoms with Gasteiger partial charge in [-0.25, -0.2) is 0 Å². The first-order valence-electron chi connectivity index (χ1n) is 7.64. The number of hydrogen-bond acceptors (Lipinski definition) is 3. The minimum atomic E-state index is -0.240. The molecule has 1 aromatic rings. The Morgan fingerprint density at radius 2 is 2.05 bits per heavy atom. The van der Waals surface area contributed by atoms with Crippen LogP contribution in [0.5, 0.6) is 0 Å². The van der Waals surface area contributed by atoms with Gasteiger partial charge < -0.3 is 4.74 Å². The molecule has 2 heterocycles. The SMILES string of the molecule is Cc1ccccc1C1C(=O)NC(=O)CC1C1CCCOC1. The van der Waals surface area contributed by atoms with Crippen molar-refractivity contribution >= 4 is 11.8 Å². The molecular formula is C17H21NO3. The number of hydrogen-bond donors (Lipinski definition) is 1. The number of aryl methyl sites for hydroxylation is 1. The number of amides is 2. The van der Waals surface area contributed by atoms with Crippen molar-refractivity contribution < 1.29 is 14.3 Å². The second-order valence-corrected chi connectivity index (χ2v) is 6.09. The van der Waals surface area contributed by atoms with Crippen molar-refractivity contribution in [2.45, 2.75) is 32.1 Å². The van der Waals surface area contributed by atoms with Crippen LogP contribution in [0, 0.1) is 18.8 Å². The smallest absolute Gasteiger partial charge is 0.234 e. The Balaban J connectivity index is 1.94. The molecule has 0 saturated carbocycles. The number of benzene rings is 1. The maximum atomic E-state index is 12.4. The number of carbonyl (C=O) groups is 2. The third kappa shape index (κ3) is 2.86. The van der Waals surface area contributed by atoms with Crippen LogP contribution in [0.4, 0.5) is 0 Å². The van der Waals surface area contributed by atoms with Gasteiger partial charge in [-0.3, -0.25) is 14.9 Å². The second-order valence-electron chi connectivity index (χ2n) is 6.09. The van der Waals surface area contributed by atoms with Crippen LogP contribution in [0.2, 0.25) is 0 Å². The normalized spacial score (nSPS) is 30.0. The fourth-order valence-electron chi connectivity index (χ4n) is 3.64. The summed E-state index contributed by atoms with van der Waals surface area (Å²) in [5.41, 5.74) is 2.15. The summed E-state index contributed by atoms with van der Waals surface area (Å²) in [5.74, 6) is -0.210. The minimum absolute atomic E-state index is 0.0487. The number of piperidine rings is 1. The number of carbonyl (C=O) groups excluding carboxylic acids is 2. The number of nitrogens with one attached hydrogen (secondary N) is 1. The summed E-state index contributed by atoms with van der Waals surface area (Å²) in [5, 5.41) is 2.51. The lowest BCUT2D eigenvalue weighted by Gasteiger charge is -2.38. The van der Waals surface area contributed by atoms with Crippen molar-refractivity contribution in [2.75, 3.05) is 13.2 Å². The van der Waals surface area contributed by atoms with Crippen LogP contribution < -0.4 is 5.32 Å². The molecule has 1 N–H and O–H groups in total. The van der Waals surface area contributed by atoms with Gasteiger partial charge in [-0.2, -0.15) is 0 Å². The zero-order chi connectivity index (χ0) is 14.8. The lowest BCUT2D eigenvalue weighted by atomic mass is 9.71. The third-order valence-electron chi connectivity index (χ3n) is 4.72. The Morgan fingerprint density at radius 1 is 1.24 bits per heavy atom. The van der Waals surface area contributed by atoms with Crippen LogP contribution in [0.1, 0.15) is 36.3 Å². The molecule has 3 unspecified atom stereocenters. The second kappa shape index (κ2) is 5.98. The summed E-state index contributed by atoms with van der Waals surface area (Å²) in [7, 11) is 0. The molecule has 0 aliphatic carbocycles. The summed E-state index contributed by atoms with van der Waals surface area (Å²) >= 11 is 0. The molecule has 2 saturated heterocycles. The maximum absolute atomic E-state index is 12.4. The van der Waals surface area contributed by atoms with Crippen molar-refractivity contribution in [1.29, 1.82) is 0 Å². The zero-order valence-electron chi connectivity index (χ0n) is 12.3. The molecule has 21 heavy (non-hydrogen) atoms. The molecular weight excluding hydrogens is 266 g/mol. The van der Waals surface area contributed by atoms with E-state index in [1.807, 2.05) is 31.2 Å². The topological polar surface area (TPSA) is 55.4 Å². The lowest BCUT2D eigenvalue weighted by molar-refractivity contribution is -0.138. The van der Waals surface area contributed by atoms with E-state index >= 15 is 0 Å². The number of imide groups is 1. The molecule has 1 aromatic carbocycles. The molecule has 4 nitrogen and oxygen atoms in total. The van der Waals surface area contributed by atoms with Crippen LogP contribution >= 0.6 is 0 Å². The highest BCUT2D eigenvalue weighted by atomic mass is 16.5. The molecule has 2 amide bonds. The molecule has 112 valence electrons. The Hall–Kier alpha value is -1.68. The third-order valence-corrected chi connectivity index (χ3v) is 4.72. The lowest BCUT2D eigenvalue weighted by Crippen LogP contribution is -2.48. The zero-order valence-corrected chi connectivity index (χ0v) is 12.3. The number of rotatable bonds is 2. The van der Waals surface area contributed by atoms with E-state index in [1.165, 1.54) is 0 Å². The van der Waals surface area contributed by atoms with Gasteiger partial charge in [-0.05, 0) is 42.7 Å². The predicted octanol–water partition coefficient (Wildman–Crippen LogP) is 2.17. The summed E-state index contributed by atoms with van der Waals surface area (Å²) in [6, 6.07) is 7.96. The van der Waals surface area contributed by atoms with Crippen LogP contribution in [0.3, 0.4) is 0 Å². The largest absolute Gasteiger partial charge is 0.381 e. The molecule has 2 fully saturated rings.